The van der Waals surface area contributed by atoms with Gasteiger partial charge in [0.2, 0.25) is 0 Å². The first kappa shape index (κ1) is 8.63. The van der Waals surface area contributed by atoms with E-state index in [-0.39, 0.29) is 0 Å². The number of allylic oxidation sites excluding steroid dienone is 2. The Hall–Kier alpha value is -0.460. The van der Waals surface area contributed by atoms with E-state index >= 15 is 0 Å². The highest BCUT2D eigenvalue weighted by atomic mass is 16.5. The van der Waals surface area contributed by atoms with Gasteiger partial charge in [0.25, 0.3) is 0 Å². The van der Waals surface area contributed by atoms with E-state index in [1.807, 2.05) is 0 Å². The monoisotopic (exact) mass is 154 g/mol. The molecule has 0 N–H and O–H groups in total. The van der Waals surface area contributed by atoms with Crippen LogP contribution in [0.4, 0.5) is 0 Å². The van der Waals surface area contributed by atoms with Crippen LogP contribution in [0.15, 0.2) is 11.8 Å². The lowest BCUT2D eigenvalue weighted by Crippen LogP contribution is -1.94. The molecule has 0 aromatic heterocycles. The molecule has 1 aliphatic carbocycles. The van der Waals surface area contributed by atoms with Gasteiger partial charge in [-0.2, -0.15) is 0 Å². The summed E-state index contributed by atoms with van der Waals surface area (Å²) in [6.45, 7) is 2.88. The van der Waals surface area contributed by atoms with Gasteiger partial charge in [0, 0.05) is 6.42 Å². The lowest BCUT2D eigenvalue weighted by molar-refractivity contribution is 0.213. The average Bonchev–Trinajstić information content (AvgIpc) is 1.94. The third-order valence-electron chi connectivity index (χ3n) is 2.08. The minimum Gasteiger partial charge on any atom is -0.499 e. The SMILES string of the molecule is CCO/C1=C/CCCCCC1. The van der Waals surface area contributed by atoms with Gasteiger partial charge in [-0.25, -0.2) is 0 Å². The largest absolute Gasteiger partial charge is 0.499 e. The summed E-state index contributed by atoms with van der Waals surface area (Å²) in [5.74, 6) is 1.23. The highest BCUT2D eigenvalue weighted by Gasteiger charge is 2.00. The normalized spacial score (nSPS) is 24.6. The molecular weight excluding hydrogens is 136 g/mol. The molecule has 0 atom stereocenters. The van der Waals surface area contributed by atoms with Gasteiger partial charge in [-0.15, -0.1) is 0 Å². The molecule has 1 rings (SSSR count). The van der Waals surface area contributed by atoms with Crippen LogP contribution in [0, 0.1) is 0 Å². The van der Waals surface area contributed by atoms with Crippen LogP contribution in [0.3, 0.4) is 0 Å². The second-order valence-corrected chi connectivity index (χ2v) is 3.06. The molecule has 0 saturated carbocycles. The Balaban J connectivity index is 2.32. The van der Waals surface area contributed by atoms with E-state index in [4.69, 9.17) is 4.74 Å². The van der Waals surface area contributed by atoms with Crippen molar-refractivity contribution in [3.63, 3.8) is 0 Å². The maximum atomic E-state index is 5.48. The van der Waals surface area contributed by atoms with Crippen molar-refractivity contribution < 1.29 is 4.74 Å². The Morgan fingerprint density at radius 3 is 2.91 bits per heavy atom. The first-order valence-electron chi connectivity index (χ1n) is 4.75. The molecule has 0 radical (unpaired) electrons. The number of ether oxygens (including phenoxy) is 1. The van der Waals surface area contributed by atoms with Gasteiger partial charge in [0.05, 0.1) is 12.4 Å². The minimum atomic E-state index is 0.825. The van der Waals surface area contributed by atoms with Gasteiger partial charge in [-0.05, 0) is 32.3 Å². The molecule has 0 heterocycles. The van der Waals surface area contributed by atoms with E-state index in [2.05, 4.69) is 13.0 Å². The Kier molecular flexibility index (Phi) is 4.10. The number of rotatable bonds is 2. The molecule has 64 valence electrons. The van der Waals surface area contributed by atoms with Gasteiger partial charge in [0.1, 0.15) is 0 Å². The van der Waals surface area contributed by atoms with E-state index in [0.717, 1.165) is 13.0 Å². The zero-order valence-electron chi connectivity index (χ0n) is 7.44. The fraction of sp³-hybridized carbons (Fsp3) is 0.800. The Bertz CT molecular complexity index is 127. The summed E-state index contributed by atoms with van der Waals surface area (Å²) in [4.78, 5) is 0. The third kappa shape index (κ3) is 3.45. The first-order chi connectivity index (χ1) is 5.43. The quantitative estimate of drug-likeness (QED) is 0.593. The molecular formula is C10H18O. The van der Waals surface area contributed by atoms with Crippen LogP contribution in [0.25, 0.3) is 0 Å². The molecule has 0 fully saturated rings. The van der Waals surface area contributed by atoms with Crippen molar-refractivity contribution in [2.24, 2.45) is 0 Å². The summed E-state index contributed by atoms with van der Waals surface area (Å²) in [5, 5.41) is 0. The van der Waals surface area contributed by atoms with E-state index in [1.54, 1.807) is 0 Å². The molecule has 11 heavy (non-hydrogen) atoms. The van der Waals surface area contributed by atoms with Gasteiger partial charge in [-0.1, -0.05) is 12.8 Å². The van der Waals surface area contributed by atoms with E-state index in [1.165, 1.54) is 37.9 Å². The highest BCUT2D eigenvalue weighted by Crippen LogP contribution is 2.17. The van der Waals surface area contributed by atoms with Gasteiger partial charge >= 0.3 is 0 Å². The van der Waals surface area contributed by atoms with Crippen LogP contribution in [0.5, 0.6) is 0 Å². The first-order valence-corrected chi connectivity index (χ1v) is 4.75. The number of hydrogen-bond donors (Lipinski definition) is 0. The molecule has 0 amide bonds. The molecule has 1 nitrogen and oxygen atoms in total. The van der Waals surface area contributed by atoms with Crippen molar-refractivity contribution in [2.75, 3.05) is 6.61 Å². The van der Waals surface area contributed by atoms with Crippen LogP contribution >= 0.6 is 0 Å². The molecule has 0 saturated heterocycles. The summed E-state index contributed by atoms with van der Waals surface area (Å²) in [6, 6.07) is 0. The molecule has 0 aromatic carbocycles. The maximum absolute atomic E-state index is 5.48. The summed E-state index contributed by atoms with van der Waals surface area (Å²) >= 11 is 0. The van der Waals surface area contributed by atoms with E-state index in [0.29, 0.717) is 0 Å². The highest BCUT2D eigenvalue weighted by molar-refractivity contribution is 4.93. The molecule has 0 spiro atoms. The van der Waals surface area contributed by atoms with Crippen LogP contribution < -0.4 is 0 Å². The summed E-state index contributed by atoms with van der Waals surface area (Å²) in [7, 11) is 0. The Morgan fingerprint density at radius 2 is 2.09 bits per heavy atom. The predicted molar refractivity (Wildman–Crippen MR) is 47.4 cm³/mol. The lowest BCUT2D eigenvalue weighted by atomic mass is 10.1. The van der Waals surface area contributed by atoms with E-state index in [9.17, 15) is 0 Å². The molecule has 1 aliphatic rings. The smallest absolute Gasteiger partial charge is 0.0919 e. The van der Waals surface area contributed by atoms with Crippen LogP contribution in [0.2, 0.25) is 0 Å². The van der Waals surface area contributed by atoms with Crippen molar-refractivity contribution in [3.8, 4) is 0 Å². The van der Waals surface area contributed by atoms with Gasteiger partial charge in [0.15, 0.2) is 0 Å². The second-order valence-electron chi connectivity index (χ2n) is 3.06. The molecule has 0 bridgehead atoms. The third-order valence-corrected chi connectivity index (χ3v) is 2.08. The number of hydrogen-bond acceptors (Lipinski definition) is 1. The minimum absolute atomic E-state index is 0.825. The zero-order valence-corrected chi connectivity index (χ0v) is 7.44. The second kappa shape index (κ2) is 5.22. The molecule has 0 aliphatic heterocycles. The van der Waals surface area contributed by atoms with Crippen LogP contribution in [0.1, 0.15) is 45.4 Å². The van der Waals surface area contributed by atoms with Crippen molar-refractivity contribution in [1.82, 2.24) is 0 Å². The predicted octanol–water partition coefficient (Wildman–Crippen LogP) is 3.26. The van der Waals surface area contributed by atoms with Crippen molar-refractivity contribution in [2.45, 2.75) is 45.4 Å². The van der Waals surface area contributed by atoms with Gasteiger partial charge < -0.3 is 4.74 Å². The summed E-state index contributed by atoms with van der Waals surface area (Å²) in [5.41, 5.74) is 0. The van der Waals surface area contributed by atoms with E-state index < -0.39 is 0 Å². The standard InChI is InChI=1S/C10H18O/c1-2-11-10-8-6-4-3-5-7-9-10/h8H,2-7,9H2,1H3/b10-8+. The lowest BCUT2D eigenvalue weighted by Gasteiger charge is -2.11. The summed E-state index contributed by atoms with van der Waals surface area (Å²) < 4.78 is 5.48. The average molecular weight is 154 g/mol. The summed E-state index contributed by atoms with van der Waals surface area (Å²) in [6.07, 6.45) is 10.1. The molecule has 0 aromatic rings. The Labute approximate surface area is 69.4 Å². The van der Waals surface area contributed by atoms with Crippen LogP contribution in [-0.4, -0.2) is 6.61 Å². The fourth-order valence-electron chi connectivity index (χ4n) is 1.48. The van der Waals surface area contributed by atoms with Crippen LogP contribution in [-0.2, 0) is 4.74 Å². The topological polar surface area (TPSA) is 9.23 Å². The van der Waals surface area contributed by atoms with Crippen molar-refractivity contribution in [3.05, 3.63) is 11.8 Å². The van der Waals surface area contributed by atoms with Gasteiger partial charge in [-0.3, -0.25) is 0 Å². The zero-order chi connectivity index (χ0) is 7.94. The maximum Gasteiger partial charge on any atom is 0.0919 e. The fourth-order valence-corrected chi connectivity index (χ4v) is 1.48. The Morgan fingerprint density at radius 1 is 1.27 bits per heavy atom. The van der Waals surface area contributed by atoms with Crippen molar-refractivity contribution >= 4 is 0 Å². The molecule has 0 unspecified atom stereocenters. The van der Waals surface area contributed by atoms with Crippen molar-refractivity contribution in [1.29, 1.82) is 0 Å². The molecule has 1 heteroatoms.